The molecule has 3 aromatic rings. The van der Waals surface area contributed by atoms with Gasteiger partial charge in [0.2, 0.25) is 0 Å². The summed E-state index contributed by atoms with van der Waals surface area (Å²) < 4.78 is 17.5. The summed E-state index contributed by atoms with van der Waals surface area (Å²) in [5.41, 5.74) is 1.89. The van der Waals surface area contributed by atoms with Gasteiger partial charge in [-0.05, 0) is 55.7 Å². The maximum atomic E-state index is 13.1. The molecule has 0 radical (unpaired) electrons. The normalized spacial score (nSPS) is 14.3. The number of thiazole rings is 1. The average Bonchev–Trinajstić information content (AvgIpc) is 3.38. The van der Waals surface area contributed by atoms with Gasteiger partial charge in [-0.3, -0.25) is 14.4 Å². The molecule has 0 saturated carbocycles. The summed E-state index contributed by atoms with van der Waals surface area (Å²) in [5.74, 6) is 0.215. The van der Waals surface area contributed by atoms with Crippen molar-refractivity contribution in [2.45, 2.75) is 26.3 Å². The molecule has 2 aromatic carbocycles. The van der Waals surface area contributed by atoms with Crippen LogP contribution in [0.3, 0.4) is 0 Å². The molecule has 0 spiro atoms. The highest BCUT2D eigenvalue weighted by Gasteiger charge is 2.28. The maximum absolute atomic E-state index is 13.1. The smallest absolute Gasteiger partial charge is 0.309 e. The van der Waals surface area contributed by atoms with Crippen LogP contribution in [0, 0.1) is 5.92 Å². The van der Waals surface area contributed by atoms with E-state index in [1.165, 1.54) is 25.6 Å². The van der Waals surface area contributed by atoms with Crippen molar-refractivity contribution >= 4 is 29.1 Å². The first kappa shape index (κ1) is 27.1. The Morgan fingerprint density at radius 3 is 2.47 bits per heavy atom. The number of likely N-dealkylation sites (tertiary alicyclic amines) is 1. The first-order valence-corrected chi connectivity index (χ1v) is 13.3. The third-order valence-corrected chi connectivity index (χ3v) is 7.21. The monoisotopic (exact) mass is 537 g/mol. The van der Waals surface area contributed by atoms with Crippen molar-refractivity contribution in [2.75, 3.05) is 33.9 Å². The number of hydrogen-bond donors (Lipinski definition) is 0. The van der Waals surface area contributed by atoms with E-state index in [0.29, 0.717) is 66.5 Å². The van der Waals surface area contributed by atoms with E-state index in [1.807, 2.05) is 34.3 Å². The van der Waals surface area contributed by atoms with Gasteiger partial charge in [0.25, 0.3) is 11.8 Å². The van der Waals surface area contributed by atoms with Gasteiger partial charge in [-0.15, -0.1) is 11.3 Å². The fourth-order valence-corrected chi connectivity index (χ4v) is 5.11. The molecule has 10 heteroatoms. The molecular weight excluding hydrogens is 506 g/mol. The van der Waals surface area contributed by atoms with Crippen LogP contribution in [0.2, 0.25) is 0 Å². The van der Waals surface area contributed by atoms with E-state index in [0.717, 1.165) is 5.56 Å². The Balaban J connectivity index is 1.46. The van der Waals surface area contributed by atoms with E-state index in [4.69, 9.17) is 14.2 Å². The number of piperidine rings is 1. The molecule has 9 nitrogen and oxygen atoms in total. The molecule has 0 N–H and O–H groups in total. The summed E-state index contributed by atoms with van der Waals surface area (Å²) >= 11 is 1.36. The van der Waals surface area contributed by atoms with E-state index in [1.54, 1.807) is 36.1 Å². The lowest BCUT2D eigenvalue weighted by Crippen LogP contribution is -2.40. The Bertz CT molecular complexity index is 1370. The van der Waals surface area contributed by atoms with Crippen molar-refractivity contribution in [2.24, 2.45) is 10.9 Å². The van der Waals surface area contributed by atoms with Gasteiger partial charge in [0, 0.05) is 42.3 Å². The van der Waals surface area contributed by atoms with Gasteiger partial charge >= 0.3 is 5.97 Å². The summed E-state index contributed by atoms with van der Waals surface area (Å²) in [4.78, 5) is 44.7. The fourth-order valence-electron chi connectivity index (χ4n) is 4.39. The quantitative estimate of drug-likeness (QED) is 0.406. The lowest BCUT2D eigenvalue weighted by atomic mass is 9.96. The van der Waals surface area contributed by atoms with Crippen LogP contribution in [0.1, 0.15) is 46.0 Å². The molecule has 200 valence electrons. The molecule has 0 unspecified atom stereocenters. The minimum absolute atomic E-state index is 0.0574. The SMILES string of the molecule is CCOC(=O)C1CCN(C(=O)c2cccc(Cn3ccsc3=NC(=O)c3ccc(OC)c(OC)c3)c2)CC1. The molecule has 0 aliphatic carbocycles. The van der Waals surface area contributed by atoms with Gasteiger partial charge in [0.05, 0.1) is 26.7 Å². The van der Waals surface area contributed by atoms with E-state index in [9.17, 15) is 14.4 Å². The maximum Gasteiger partial charge on any atom is 0.309 e. The van der Waals surface area contributed by atoms with Crippen molar-refractivity contribution in [1.82, 2.24) is 9.47 Å². The number of carbonyl (C=O) groups is 3. The van der Waals surface area contributed by atoms with Crippen molar-refractivity contribution in [3.8, 4) is 11.5 Å². The van der Waals surface area contributed by atoms with Crippen LogP contribution in [0.5, 0.6) is 11.5 Å². The Hall–Kier alpha value is -3.92. The van der Waals surface area contributed by atoms with Crippen molar-refractivity contribution < 1.29 is 28.6 Å². The molecule has 1 aliphatic heterocycles. The highest BCUT2D eigenvalue weighted by molar-refractivity contribution is 7.07. The highest BCUT2D eigenvalue weighted by atomic mass is 32.1. The molecule has 2 heterocycles. The van der Waals surface area contributed by atoms with Crippen LogP contribution >= 0.6 is 11.3 Å². The number of hydrogen-bond acceptors (Lipinski definition) is 7. The average molecular weight is 538 g/mol. The molecule has 2 amide bonds. The molecule has 1 aromatic heterocycles. The summed E-state index contributed by atoms with van der Waals surface area (Å²) in [7, 11) is 3.05. The van der Waals surface area contributed by atoms with E-state index >= 15 is 0 Å². The van der Waals surface area contributed by atoms with Crippen molar-refractivity contribution in [3.05, 3.63) is 75.5 Å². The molecule has 1 fully saturated rings. The van der Waals surface area contributed by atoms with Gasteiger partial charge in [-0.25, -0.2) is 0 Å². The number of ether oxygens (including phenoxy) is 3. The number of esters is 1. The molecule has 1 aliphatic rings. The summed E-state index contributed by atoms with van der Waals surface area (Å²) in [5, 5.41) is 1.86. The third-order valence-electron chi connectivity index (χ3n) is 6.42. The Morgan fingerprint density at radius 1 is 1.00 bits per heavy atom. The standard InChI is InChI=1S/C28H31N3O6S/c1-4-37-27(34)20-10-12-30(13-11-20)26(33)22-7-5-6-19(16-22)18-31-14-15-38-28(31)29-25(32)21-8-9-23(35-2)24(17-21)36-3/h5-9,14-17,20H,4,10-13,18H2,1-3H3. The predicted octanol–water partition coefficient (Wildman–Crippen LogP) is 3.77. The topological polar surface area (TPSA) is 99.4 Å². The minimum Gasteiger partial charge on any atom is -0.493 e. The van der Waals surface area contributed by atoms with Crippen LogP contribution in [0.4, 0.5) is 0 Å². The molecule has 1 saturated heterocycles. The van der Waals surface area contributed by atoms with Gasteiger partial charge in [0.15, 0.2) is 16.3 Å². The fraction of sp³-hybridized carbons (Fsp3) is 0.357. The lowest BCUT2D eigenvalue weighted by molar-refractivity contribution is -0.149. The highest BCUT2D eigenvalue weighted by Crippen LogP contribution is 2.27. The predicted molar refractivity (Wildman–Crippen MR) is 143 cm³/mol. The van der Waals surface area contributed by atoms with Crippen molar-refractivity contribution in [1.29, 1.82) is 0 Å². The first-order chi connectivity index (χ1) is 18.4. The summed E-state index contributed by atoms with van der Waals surface area (Å²) in [6, 6.07) is 12.4. The van der Waals surface area contributed by atoms with E-state index in [2.05, 4.69) is 4.99 Å². The van der Waals surface area contributed by atoms with Crippen LogP contribution in [0.15, 0.2) is 59.0 Å². The zero-order valence-corrected chi connectivity index (χ0v) is 22.5. The molecule has 4 rings (SSSR count). The third kappa shape index (κ3) is 6.31. The number of rotatable bonds is 8. The number of benzene rings is 2. The van der Waals surface area contributed by atoms with Crippen molar-refractivity contribution in [3.63, 3.8) is 0 Å². The molecular formula is C28H31N3O6S. The second-order valence-corrected chi connectivity index (χ2v) is 9.69. The summed E-state index contributed by atoms with van der Waals surface area (Å²) in [6.07, 6.45) is 3.07. The van der Waals surface area contributed by atoms with Crippen LogP contribution in [0.25, 0.3) is 0 Å². The van der Waals surface area contributed by atoms with E-state index < -0.39 is 5.91 Å². The van der Waals surface area contributed by atoms with Gasteiger partial charge < -0.3 is 23.7 Å². The van der Waals surface area contributed by atoms with Crippen LogP contribution in [-0.2, 0) is 16.1 Å². The Labute approximate surface area is 225 Å². The zero-order chi connectivity index (χ0) is 27.1. The number of carbonyl (C=O) groups excluding carboxylic acids is 3. The Morgan fingerprint density at radius 2 is 1.76 bits per heavy atom. The number of amides is 2. The van der Waals surface area contributed by atoms with Gasteiger partial charge in [-0.2, -0.15) is 4.99 Å². The largest absolute Gasteiger partial charge is 0.493 e. The van der Waals surface area contributed by atoms with Crippen LogP contribution in [-0.4, -0.2) is 61.2 Å². The second kappa shape index (κ2) is 12.6. The number of aromatic nitrogens is 1. The Kier molecular flexibility index (Phi) is 8.96. The van der Waals surface area contributed by atoms with Gasteiger partial charge in [0.1, 0.15) is 0 Å². The summed E-state index contributed by atoms with van der Waals surface area (Å²) in [6.45, 7) is 3.66. The lowest BCUT2D eigenvalue weighted by Gasteiger charge is -2.31. The first-order valence-electron chi connectivity index (χ1n) is 12.4. The zero-order valence-electron chi connectivity index (χ0n) is 21.7. The van der Waals surface area contributed by atoms with Crippen LogP contribution < -0.4 is 14.3 Å². The minimum atomic E-state index is -0.391. The molecule has 38 heavy (non-hydrogen) atoms. The van der Waals surface area contributed by atoms with E-state index in [-0.39, 0.29) is 17.8 Å². The number of methoxy groups -OCH3 is 2. The molecule has 0 bridgehead atoms. The molecule has 0 atom stereocenters. The number of nitrogens with zero attached hydrogens (tertiary/aromatic N) is 3. The second-order valence-electron chi connectivity index (χ2n) is 8.82. The van der Waals surface area contributed by atoms with Gasteiger partial charge in [-0.1, -0.05) is 12.1 Å².